The van der Waals surface area contributed by atoms with Crippen LogP contribution in [0.2, 0.25) is 0 Å². The molecule has 0 saturated carbocycles. The van der Waals surface area contributed by atoms with Crippen molar-refractivity contribution in [2.75, 3.05) is 35.2 Å². The number of esters is 1. The van der Waals surface area contributed by atoms with Gasteiger partial charge in [0.1, 0.15) is 0 Å². The van der Waals surface area contributed by atoms with Gasteiger partial charge in [0, 0.05) is 31.3 Å². The molecule has 2 aliphatic heterocycles. The fraction of sp³-hybridized carbons (Fsp3) is 0.500. The number of amides is 1. The van der Waals surface area contributed by atoms with E-state index in [1.54, 1.807) is 17.0 Å². The van der Waals surface area contributed by atoms with Gasteiger partial charge < -0.3 is 9.64 Å². The van der Waals surface area contributed by atoms with E-state index in [-0.39, 0.29) is 17.2 Å². The van der Waals surface area contributed by atoms with Crippen LogP contribution < -0.4 is 9.21 Å². The van der Waals surface area contributed by atoms with Crippen LogP contribution >= 0.6 is 0 Å². The van der Waals surface area contributed by atoms with E-state index < -0.39 is 16.0 Å². The van der Waals surface area contributed by atoms with Crippen molar-refractivity contribution in [1.82, 2.24) is 0 Å². The highest BCUT2D eigenvalue weighted by Crippen LogP contribution is 2.39. The van der Waals surface area contributed by atoms with Crippen molar-refractivity contribution < 1.29 is 22.7 Å². The Morgan fingerprint density at radius 1 is 1.12 bits per heavy atom. The highest BCUT2D eigenvalue weighted by molar-refractivity contribution is 7.92. The van der Waals surface area contributed by atoms with E-state index in [4.69, 9.17) is 4.74 Å². The monoisotopic (exact) mass is 352 g/mol. The van der Waals surface area contributed by atoms with E-state index >= 15 is 0 Å². The number of sulfonamides is 1. The molecule has 8 heteroatoms. The molecule has 1 aromatic carbocycles. The maximum atomic E-state index is 12.5. The molecule has 7 nitrogen and oxygen atoms in total. The van der Waals surface area contributed by atoms with Crippen molar-refractivity contribution in [1.29, 1.82) is 0 Å². The largest absolute Gasteiger partial charge is 0.465 e. The summed E-state index contributed by atoms with van der Waals surface area (Å²) in [4.78, 5) is 25.4. The summed E-state index contributed by atoms with van der Waals surface area (Å²) >= 11 is 0. The van der Waals surface area contributed by atoms with E-state index in [1.807, 2.05) is 0 Å². The fourth-order valence-corrected chi connectivity index (χ4v) is 4.99. The number of hydrogen-bond acceptors (Lipinski definition) is 5. The first-order chi connectivity index (χ1) is 11.3. The van der Waals surface area contributed by atoms with Crippen molar-refractivity contribution in [3.8, 4) is 0 Å². The van der Waals surface area contributed by atoms with Gasteiger partial charge in [-0.3, -0.25) is 9.10 Å². The second kappa shape index (κ2) is 6.08. The summed E-state index contributed by atoms with van der Waals surface area (Å²) < 4.78 is 31.1. The minimum Gasteiger partial charge on any atom is -0.465 e. The van der Waals surface area contributed by atoms with Crippen molar-refractivity contribution in [2.45, 2.75) is 26.2 Å². The number of rotatable bonds is 2. The van der Waals surface area contributed by atoms with Crippen LogP contribution in [0.25, 0.3) is 0 Å². The van der Waals surface area contributed by atoms with Crippen molar-refractivity contribution in [2.24, 2.45) is 0 Å². The molecule has 0 N–H and O–H groups in total. The molecule has 0 bridgehead atoms. The third-order valence-electron chi connectivity index (χ3n) is 4.50. The van der Waals surface area contributed by atoms with Crippen molar-refractivity contribution in [3.63, 3.8) is 0 Å². The van der Waals surface area contributed by atoms with Crippen LogP contribution in [0.1, 0.15) is 35.7 Å². The van der Waals surface area contributed by atoms with Gasteiger partial charge in [-0.25, -0.2) is 13.2 Å². The second-order valence-corrected chi connectivity index (χ2v) is 8.01. The molecule has 130 valence electrons. The van der Waals surface area contributed by atoms with Crippen molar-refractivity contribution in [3.05, 3.63) is 23.3 Å². The normalized spacial score (nSPS) is 19.1. The molecule has 2 aliphatic rings. The Morgan fingerprint density at radius 3 is 2.46 bits per heavy atom. The zero-order valence-electron chi connectivity index (χ0n) is 13.7. The third kappa shape index (κ3) is 2.75. The highest BCUT2D eigenvalue weighted by atomic mass is 32.2. The number of fused-ring (bicyclic) bond motifs is 1. The van der Waals surface area contributed by atoms with E-state index in [2.05, 4.69) is 0 Å². The van der Waals surface area contributed by atoms with Crippen LogP contribution in [0, 0.1) is 0 Å². The van der Waals surface area contributed by atoms with E-state index in [9.17, 15) is 18.0 Å². The predicted octanol–water partition coefficient (Wildman–Crippen LogP) is 1.31. The first-order valence-electron chi connectivity index (χ1n) is 7.89. The van der Waals surface area contributed by atoms with Gasteiger partial charge in [0.15, 0.2) is 0 Å². The summed E-state index contributed by atoms with van der Waals surface area (Å²) in [6.07, 6.45) is 1.97. The van der Waals surface area contributed by atoms with Crippen LogP contribution in [0.4, 0.5) is 11.4 Å². The molecule has 3 rings (SSSR count). The van der Waals surface area contributed by atoms with Crippen LogP contribution in [-0.2, 0) is 26.0 Å². The molecule has 1 saturated heterocycles. The van der Waals surface area contributed by atoms with Crippen LogP contribution in [-0.4, -0.2) is 46.2 Å². The lowest BCUT2D eigenvalue weighted by Gasteiger charge is -2.30. The number of nitrogens with zero attached hydrogens (tertiary/aromatic N) is 2. The van der Waals surface area contributed by atoms with Gasteiger partial charge in [-0.05, 0) is 31.4 Å². The minimum atomic E-state index is -3.41. The number of carbonyl (C=O) groups excluding carboxylic acids is 2. The zero-order chi connectivity index (χ0) is 17.5. The second-order valence-electron chi connectivity index (χ2n) is 6.00. The number of hydrogen-bond donors (Lipinski definition) is 0. The highest BCUT2D eigenvalue weighted by Gasteiger charge is 2.33. The van der Waals surface area contributed by atoms with Gasteiger partial charge >= 0.3 is 5.97 Å². The summed E-state index contributed by atoms with van der Waals surface area (Å²) in [7, 11) is -2.13. The molecular formula is C16H20N2O5S. The molecule has 1 fully saturated rings. The van der Waals surface area contributed by atoms with Crippen molar-refractivity contribution >= 4 is 33.3 Å². The van der Waals surface area contributed by atoms with Gasteiger partial charge in [-0.2, -0.15) is 0 Å². The van der Waals surface area contributed by atoms with Crippen LogP contribution in [0.5, 0.6) is 0 Å². The first-order valence-corrected chi connectivity index (χ1v) is 9.50. The van der Waals surface area contributed by atoms with E-state index in [1.165, 1.54) is 18.3 Å². The number of methoxy groups -OCH3 is 1. The van der Waals surface area contributed by atoms with Gasteiger partial charge in [-0.15, -0.1) is 0 Å². The lowest BCUT2D eigenvalue weighted by Crippen LogP contribution is -2.38. The molecule has 0 aromatic heterocycles. The van der Waals surface area contributed by atoms with Gasteiger partial charge in [0.05, 0.1) is 24.1 Å². The minimum absolute atomic E-state index is 0.0979. The standard InChI is InChI=1S/C16H20N2O5S/c1-11(19)17-7-5-13-14(17)9-12(16(20)23-2)10-15(13)18-6-3-4-8-24(18,21)22/h9-10H,3-8H2,1-2H3. The molecule has 0 radical (unpaired) electrons. The van der Waals surface area contributed by atoms with Crippen LogP contribution in [0.3, 0.4) is 0 Å². The summed E-state index contributed by atoms with van der Waals surface area (Å²) in [6, 6.07) is 3.17. The lowest BCUT2D eigenvalue weighted by atomic mass is 10.1. The van der Waals surface area contributed by atoms with E-state index in [0.717, 1.165) is 12.0 Å². The topological polar surface area (TPSA) is 84.0 Å². The number of ether oxygens (including phenoxy) is 1. The maximum Gasteiger partial charge on any atom is 0.337 e. The molecule has 1 aromatic rings. The SMILES string of the molecule is COC(=O)c1cc2c(c(N3CCCCS3(=O)=O)c1)CCN2C(C)=O. The Kier molecular flexibility index (Phi) is 4.25. The molecule has 0 unspecified atom stereocenters. The first kappa shape index (κ1) is 16.8. The molecule has 0 spiro atoms. The smallest absolute Gasteiger partial charge is 0.337 e. The van der Waals surface area contributed by atoms with Crippen LogP contribution in [0.15, 0.2) is 12.1 Å². The summed E-state index contributed by atoms with van der Waals surface area (Å²) in [6.45, 7) is 2.33. The predicted molar refractivity (Wildman–Crippen MR) is 89.9 cm³/mol. The number of carbonyl (C=O) groups is 2. The summed E-state index contributed by atoms with van der Waals surface area (Å²) in [5, 5.41) is 0. The molecular weight excluding hydrogens is 332 g/mol. The molecule has 0 aliphatic carbocycles. The van der Waals surface area contributed by atoms with Gasteiger partial charge in [0.25, 0.3) is 0 Å². The Bertz CT molecular complexity index is 803. The average Bonchev–Trinajstić information content (AvgIpc) is 2.97. The third-order valence-corrected chi connectivity index (χ3v) is 6.35. The van der Waals surface area contributed by atoms with Gasteiger partial charge in [-0.1, -0.05) is 0 Å². The zero-order valence-corrected chi connectivity index (χ0v) is 14.6. The molecule has 2 heterocycles. The summed E-state index contributed by atoms with van der Waals surface area (Å²) in [5.41, 5.74) is 2.14. The van der Waals surface area contributed by atoms with Gasteiger partial charge in [0.2, 0.25) is 15.9 Å². The molecule has 1 amide bonds. The average molecular weight is 352 g/mol. The van der Waals surface area contributed by atoms with E-state index in [0.29, 0.717) is 37.3 Å². The molecule has 24 heavy (non-hydrogen) atoms. The Labute approximate surface area is 141 Å². The fourth-order valence-electron chi connectivity index (χ4n) is 3.33. The number of benzene rings is 1. The molecule has 0 atom stereocenters. The Morgan fingerprint density at radius 2 is 1.83 bits per heavy atom. The Hall–Kier alpha value is -2.09. The number of anilines is 2. The Balaban J connectivity index is 2.18. The maximum absolute atomic E-state index is 12.5. The lowest BCUT2D eigenvalue weighted by molar-refractivity contribution is -0.116. The quantitative estimate of drug-likeness (QED) is 0.750. The summed E-state index contributed by atoms with van der Waals surface area (Å²) in [5.74, 6) is -0.590.